The lowest BCUT2D eigenvalue weighted by Crippen LogP contribution is -2.16. The van der Waals surface area contributed by atoms with Crippen molar-refractivity contribution in [1.82, 2.24) is 5.16 Å². The van der Waals surface area contributed by atoms with Gasteiger partial charge < -0.3 is 14.6 Å². The molecular weight excluding hydrogens is 192 g/mol. The first-order valence-electron chi connectivity index (χ1n) is 4.88. The van der Waals surface area contributed by atoms with Crippen molar-refractivity contribution in [3.63, 3.8) is 0 Å². The Kier molecular flexibility index (Phi) is 1.59. The summed E-state index contributed by atoms with van der Waals surface area (Å²) in [5, 5.41) is 8.07. The Morgan fingerprint density at radius 1 is 1.60 bits per heavy atom. The van der Waals surface area contributed by atoms with Gasteiger partial charge in [-0.05, 0) is 24.6 Å². The van der Waals surface area contributed by atoms with Gasteiger partial charge in [0.25, 0.3) is 0 Å². The fraction of sp³-hybridized carbons (Fsp3) is 0.273. The summed E-state index contributed by atoms with van der Waals surface area (Å²) < 4.78 is 5.18. The summed E-state index contributed by atoms with van der Waals surface area (Å²) in [6.07, 6.45) is 1.67. The molecule has 15 heavy (non-hydrogen) atoms. The zero-order chi connectivity index (χ0) is 10.4. The quantitative estimate of drug-likeness (QED) is 0.715. The zero-order valence-corrected chi connectivity index (χ0v) is 8.28. The molecule has 2 aromatic rings. The first-order chi connectivity index (χ1) is 7.28. The molecule has 0 amide bonds. The summed E-state index contributed by atoms with van der Waals surface area (Å²) in [6.45, 7) is 1.91. The lowest BCUT2D eigenvalue weighted by atomic mass is 10.1. The standard InChI is InChI=1S/C11H10N2O2/c1-6-9-4-10-7(2-8(5-14)12-10)3-11(9)15-13-6/h3-5,8,12H,2H2,1H3. The maximum atomic E-state index is 10.7. The maximum Gasteiger partial charge on any atom is 0.167 e. The van der Waals surface area contributed by atoms with Crippen molar-refractivity contribution in [3.05, 3.63) is 23.4 Å². The number of benzene rings is 1. The Morgan fingerprint density at radius 3 is 3.27 bits per heavy atom. The minimum Gasteiger partial charge on any atom is -0.375 e. The van der Waals surface area contributed by atoms with E-state index in [0.717, 1.165) is 40.6 Å². The van der Waals surface area contributed by atoms with E-state index in [2.05, 4.69) is 10.5 Å². The summed E-state index contributed by atoms with van der Waals surface area (Å²) in [4.78, 5) is 10.7. The van der Waals surface area contributed by atoms with Gasteiger partial charge in [-0.2, -0.15) is 0 Å². The molecule has 0 spiro atoms. The number of anilines is 1. The number of carbonyl (C=O) groups is 1. The second-order valence-electron chi connectivity index (χ2n) is 3.86. The van der Waals surface area contributed by atoms with E-state index in [1.807, 2.05) is 19.1 Å². The lowest BCUT2D eigenvalue weighted by Gasteiger charge is -2.00. The smallest absolute Gasteiger partial charge is 0.167 e. The molecule has 76 valence electrons. The van der Waals surface area contributed by atoms with Gasteiger partial charge in [-0.3, -0.25) is 0 Å². The average molecular weight is 202 g/mol. The Balaban J connectivity index is 2.19. The van der Waals surface area contributed by atoms with E-state index in [-0.39, 0.29) is 6.04 Å². The molecule has 0 fully saturated rings. The molecule has 0 aliphatic carbocycles. The number of fused-ring (bicyclic) bond motifs is 2. The molecule has 3 rings (SSSR count). The van der Waals surface area contributed by atoms with Gasteiger partial charge in [0, 0.05) is 17.5 Å². The van der Waals surface area contributed by atoms with E-state index in [1.165, 1.54) is 0 Å². The molecule has 1 N–H and O–H groups in total. The number of nitrogens with zero attached hydrogens (tertiary/aromatic N) is 1. The molecular formula is C11H10N2O2. The van der Waals surface area contributed by atoms with Crippen molar-refractivity contribution < 1.29 is 9.32 Å². The molecule has 1 aromatic carbocycles. The lowest BCUT2D eigenvalue weighted by molar-refractivity contribution is -0.108. The predicted molar refractivity (Wildman–Crippen MR) is 55.9 cm³/mol. The minimum absolute atomic E-state index is 0.0974. The van der Waals surface area contributed by atoms with Crippen molar-refractivity contribution in [2.75, 3.05) is 5.32 Å². The van der Waals surface area contributed by atoms with Crippen LogP contribution in [0.5, 0.6) is 0 Å². The van der Waals surface area contributed by atoms with Crippen LogP contribution in [-0.2, 0) is 11.2 Å². The second kappa shape index (κ2) is 2.82. The highest BCUT2D eigenvalue weighted by atomic mass is 16.5. The molecule has 2 heterocycles. The molecule has 4 nitrogen and oxygen atoms in total. The van der Waals surface area contributed by atoms with Gasteiger partial charge in [0.2, 0.25) is 0 Å². The monoisotopic (exact) mass is 202 g/mol. The van der Waals surface area contributed by atoms with Gasteiger partial charge in [-0.1, -0.05) is 5.16 Å². The molecule has 1 unspecified atom stereocenters. The Morgan fingerprint density at radius 2 is 2.47 bits per heavy atom. The van der Waals surface area contributed by atoms with Crippen LogP contribution < -0.4 is 5.32 Å². The molecule has 4 heteroatoms. The van der Waals surface area contributed by atoms with Crippen molar-refractivity contribution in [1.29, 1.82) is 0 Å². The van der Waals surface area contributed by atoms with E-state index in [0.29, 0.717) is 0 Å². The summed E-state index contributed by atoms with van der Waals surface area (Å²) in [5.41, 5.74) is 3.81. The number of hydrogen-bond acceptors (Lipinski definition) is 4. The van der Waals surface area contributed by atoms with Crippen molar-refractivity contribution in [2.24, 2.45) is 0 Å². The normalized spacial score (nSPS) is 18.9. The van der Waals surface area contributed by atoms with Crippen molar-refractivity contribution in [2.45, 2.75) is 19.4 Å². The number of aryl methyl sites for hydroxylation is 1. The number of nitrogens with one attached hydrogen (secondary N) is 1. The predicted octanol–water partition coefficient (Wildman–Crippen LogP) is 1.67. The van der Waals surface area contributed by atoms with Gasteiger partial charge >= 0.3 is 0 Å². The number of aromatic nitrogens is 1. The molecule has 1 aliphatic rings. The number of hydrogen-bond donors (Lipinski definition) is 1. The van der Waals surface area contributed by atoms with Crippen molar-refractivity contribution >= 4 is 22.9 Å². The first kappa shape index (κ1) is 8.47. The SMILES string of the molecule is Cc1noc2cc3c(cc12)NC(C=O)C3. The third kappa shape index (κ3) is 1.14. The van der Waals surface area contributed by atoms with Gasteiger partial charge in [0.05, 0.1) is 11.7 Å². The van der Waals surface area contributed by atoms with Crippen molar-refractivity contribution in [3.8, 4) is 0 Å². The number of rotatable bonds is 1. The first-order valence-corrected chi connectivity index (χ1v) is 4.88. The van der Waals surface area contributed by atoms with Crippen LogP contribution in [0.3, 0.4) is 0 Å². The minimum atomic E-state index is -0.0974. The highest BCUT2D eigenvalue weighted by molar-refractivity contribution is 5.87. The Hall–Kier alpha value is -1.84. The fourth-order valence-corrected chi connectivity index (χ4v) is 2.02. The van der Waals surface area contributed by atoms with Crippen LogP contribution in [0.4, 0.5) is 5.69 Å². The van der Waals surface area contributed by atoms with Gasteiger partial charge in [0.15, 0.2) is 5.58 Å². The number of aldehydes is 1. The molecule has 0 saturated carbocycles. The van der Waals surface area contributed by atoms with E-state index < -0.39 is 0 Å². The van der Waals surface area contributed by atoms with E-state index in [9.17, 15) is 4.79 Å². The van der Waals surface area contributed by atoms with Gasteiger partial charge in [-0.15, -0.1) is 0 Å². The second-order valence-corrected chi connectivity index (χ2v) is 3.86. The molecule has 1 aliphatic heterocycles. The number of carbonyl (C=O) groups excluding carboxylic acids is 1. The summed E-state index contributed by atoms with van der Waals surface area (Å²) >= 11 is 0. The zero-order valence-electron chi connectivity index (χ0n) is 8.28. The van der Waals surface area contributed by atoms with Crippen LogP contribution in [0.2, 0.25) is 0 Å². The Bertz CT molecular complexity index is 545. The summed E-state index contributed by atoms with van der Waals surface area (Å²) in [5.74, 6) is 0. The summed E-state index contributed by atoms with van der Waals surface area (Å²) in [7, 11) is 0. The molecule has 0 radical (unpaired) electrons. The highest BCUT2D eigenvalue weighted by Gasteiger charge is 2.21. The largest absolute Gasteiger partial charge is 0.375 e. The fourth-order valence-electron chi connectivity index (χ4n) is 2.02. The topological polar surface area (TPSA) is 55.1 Å². The maximum absolute atomic E-state index is 10.7. The molecule has 1 atom stereocenters. The third-order valence-electron chi connectivity index (χ3n) is 2.82. The van der Waals surface area contributed by atoms with Crippen LogP contribution in [0.15, 0.2) is 16.7 Å². The van der Waals surface area contributed by atoms with Crippen LogP contribution >= 0.6 is 0 Å². The molecule has 0 bridgehead atoms. The Labute approximate surface area is 86.2 Å². The van der Waals surface area contributed by atoms with E-state index in [1.54, 1.807) is 0 Å². The summed E-state index contributed by atoms with van der Waals surface area (Å²) in [6, 6.07) is 3.86. The van der Waals surface area contributed by atoms with Crippen LogP contribution in [0.1, 0.15) is 11.3 Å². The highest BCUT2D eigenvalue weighted by Crippen LogP contribution is 2.31. The average Bonchev–Trinajstić information content (AvgIpc) is 2.79. The van der Waals surface area contributed by atoms with Crippen LogP contribution in [-0.4, -0.2) is 17.5 Å². The van der Waals surface area contributed by atoms with Crippen LogP contribution in [0, 0.1) is 6.92 Å². The molecule has 0 saturated heterocycles. The van der Waals surface area contributed by atoms with Crippen LogP contribution in [0.25, 0.3) is 11.0 Å². The van der Waals surface area contributed by atoms with E-state index in [4.69, 9.17) is 4.52 Å². The third-order valence-corrected chi connectivity index (χ3v) is 2.82. The molecule has 1 aromatic heterocycles. The van der Waals surface area contributed by atoms with E-state index >= 15 is 0 Å². The van der Waals surface area contributed by atoms with Gasteiger partial charge in [0.1, 0.15) is 6.29 Å². The van der Waals surface area contributed by atoms with Gasteiger partial charge in [-0.25, -0.2) is 0 Å².